The minimum absolute atomic E-state index is 0.0961. The second kappa shape index (κ2) is 7.85. The Balaban J connectivity index is 1.65. The average Bonchev–Trinajstić information content (AvgIpc) is 3.38. The maximum absolute atomic E-state index is 14.5. The number of aromatic nitrogens is 2. The number of aromatic amines is 1. The lowest BCUT2D eigenvalue weighted by atomic mass is 9.81. The van der Waals surface area contributed by atoms with Crippen LogP contribution in [0.5, 0.6) is 5.75 Å². The monoisotopic (exact) mass is 396 g/mol. The van der Waals surface area contributed by atoms with Crippen molar-refractivity contribution in [1.29, 1.82) is 0 Å². The zero-order chi connectivity index (χ0) is 20.4. The first-order valence-electron chi connectivity index (χ1n) is 10.1. The minimum atomic E-state index is -0.937. The van der Waals surface area contributed by atoms with Crippen molar-refractivity contribution in [2.75, 3.05) is 0 Å². The van der Waals surface area contributed by atoms with Crippen LogP contribution in [0.25, 0.3) is 10.9 Å². The number of H-pyrrole nitrogens is 1. The molecule has 0 aliphatic heterocycles. The van der Waals surface area contributed by atoms with Gasteiger partial charge in [0.1, 0.15) is 17.2 Å². The molecule has 0 radical (unpaired) electrons. The summed E-state index contributed by atoms with van der Waals surface area (Å²) >= 11 is 0. The number of hydrogen-bond donors (Lipinski definition) is 2. The number of aryl methyl sites for hydroxylation is 1. The topological polar surface area (TPSA) is 75.2 Å². The van der Waals surface area contributed by atoms with E-state index in [1.165, 1.54) is 18.9 Å². The molecule has 1 atom stereocenters. The summed E-state index contributed by atoms with van der Waals surface area (Å²) in [6.45, 7) is 2.08. The smallest absolute Gasteiger partial charge is 0.303 e. The van der Waals surface area contributed by atoms with Crippen LogP contribution in [0.15, 0.2) is 42.6 Å². The van der Waals surface area contributed by atoms with Crippen molar-refractivity contribution in [2.24, 2.45) is 5.92 Å². The van der Waals surface area contributed by atoms with Gasteiger partial charge in [-0.05, 0) is 49.4 Å². The van der Waals surface area contributed by atoms with Gasteiger partial charge in [0.2, 0.25) is 0 Å². The summed E-state index contributed by atoms with van der Waals surface area (Å²) in [6.07, 6.45) is 6.32. The van der Waals surface area contributed by atoms with Crippen molar-refractivity contribution in [1.82, 2.24) is 10.2 Å². The fraction of sp³-hybridized carbons (Fsp3) is 0.391. The third-order valence-corrected chi connectivity index (χ3v) is 6.11. The summed E-state index contributed by atoms with van der Waals surface area (Å²) in [7, 11) is 0. The van der Waals surface area contributed by atoms with E-state index in [1.54, 1.807) is 18.3 Å². The van der Waals surface area contributed by atoms with Crippen LogP contribution in [-0.2, 0) is 16.8 Å². The number of aliphatic carboxylic acids is 1. The molecule has 4 rings (SSSR count). The predicted molar refractivity (Wildman–Crippen MR) is 108 cm³/mol. The Morgan fingerprint density at radius 2 is 2.07 bits per heavy atom. The highest BCUT2D eigenvalue weighted by Crippen LogP contribution is 2.44. The van der Waals surface area contributed by atoms with E-state index < -0.39 is 17.4 Å². The van der Waals surface area contributed by atoms with Crippen molar-refractivity contribution < 1.29 is 19.0 Å². The van der Waals surface area contributed by atoms with E-state index >= 15 is 0 Å². The number of halogens is 1. The number of fused-ring (bicyclic) bond motifs is 1. The van der Waals surface area contributed by atoms with E-state index in [4.69, 9.17) is 9.84 Å². The summed E-state index contributed by atoms with van der Waals surface area (Å²) in [6, 6.07) is 10.9. The van der Waals surface area contributed by atoms with Crippen LogP contribution >= 0.6 is 0 Å². The molecule has 1 saturated carbocycles. The molecule has 29 heavy (non-hydrogen) atoms. The maximum atomic E-state index is 14.5. The Labute approximate surface area is 168 Å². The molecule has 2 aromatic carbocycles. The third-order valence-electron chi connectivity index (χ3n) is 6.11. The number of rotatable bonds is 7. The standard InChI is InChI=1S/C23H25FN2O3/c1-23(17-4-2-3-5-17,18-9-6-16-14-25-26-21(16)12-18)29-19-10-7-15(20(24)13-19)8-11-22(27)28/h6-7,9-10,12-14,17H,2-5,8,11H2,1H3,(H,25,26)(H,27,28). The summed E-state index contributed by atoms with van der Waals surface area (Å²) in [5, 5.41) is 17.0. The van der Waals surface area contributed by atoms with Crippen LogP contribution in [-0.4, -0.2) is 21.3 Å². The molecule has 152 valence electrons. The van der Waals surface area contributed by atoms with Gasteiger partial charge in [-0.2, -0.15) is 5.10 Å². The first-order chi connectivity index (χ1) is 14.0. The molecule has 6 heteroatoms. The van der Waals surface area contributed by atoms with Gasteiger partial charge in [-0.3, -0.25) is 9.89 Å². The lowest BCUT2D eigenvalue weighted by Crippen LogP contribution is -2.37. The molecule has 1 fully saturated rings. The van der Waals surface area contributed by atoms with Gasteiger partial charge in [0, 0.05) is 23.8 Å². The summed E-state index contributed by atoms with van der Waals surface area (Å²) < 4.78 is 21.0. The molecule has 1 aromatic heterocycles. The number of nitrogens with zero attached hydrogens (tertiary/aromatic N) is 1. The highest BCUT2D eigenvalue weighted by atomic mass is 19.1. The lowest BCUT2D eigenvalue weighted by molar-refractivity contribution is -0.136. The Kier molecular flexibility index (Phi) is 5.26. The highest BCUT2D eigenvalue weighted by molar-refractivity contribution is 5.78. The predicted octanol–water partition coefficient (Wildman–Crippen LogP) is 5.20. The number of carboxylic acids is 1. The van der Waals surface area contributed by atoms with Gasteiger partial charge in [0.15, 0.2) is 0 Å². The number of ether oxygens (including phenoxy) is 1. The fourth-order valence-corrected chi connectivity index (χ4v) is 4.38. The molecule has 5 nitrogen and oxygen atoms in total. The molecule has 3 aromatic rings. The maximum Gasteiger partial charge on any atom is 0.303 e. The number of hydrogen-bond acceptors (Lipinski definition) is 3. The lowest BCUT2D eigenvalue weighted by Gasteiger charge is -2.37. The zero-order valence-electron chi connectivity index (χ0n) is 16.5. The molecular formula is C23H25FN2O3. The second-order valence-corrected chi connectivity index (χ2v) is 8.01. The quantitative estimate of drug-likeness (QED) is 0.575. The molecule has 1 aliphatic rings. The highest BCUT2D eigenvalue weighted by Gasteiger charge is 2.40. The molecule has 1 unspecified atom stereocenters. The van der Waals surface area contributed by atoms with Crippen molar-refractivity contribution >= 4 is 16.9 Å². The van der Waals surface area contributed by atoms with Gasteiger partial charge in [-0.1, -0.05) is 31.0 Å². The largest absolute Gasteiger partial charge is 0.482 e. The van der Waals surface area contributed by atoms with Crippen LogP contribution in [0.4, 0.5) is 4.39 Å². The summed E-state index contributed by atoms with van der Waals surface area (Å²) in [5.74, 6) is -0.576. The van der Waals surface area contributed by atoms with E-state index in [0.717, 1.165) is 29.3 Å². The molecule has 0 spiro atoms. The van der Waals surface area contributed by atoms with E-state index in [-0.39, 0.29) is 12.8 Å². The van der Waals surface area contributed by atoms with E-state index in [2.05, 4.69) is 29.3 Å². The first-order valence-corrected chi connectivity index (χ1v) is 10.1. The van der Waals surface area contributed by atoms with Crippen LogP contribution in [0.1, 0.15) is 50.2 Å². The van der Waals surface area contributed by atoms with Crippen LogP contribution in [0.3, 0.4) is 0 Å². The van der Waals surface area contributed by atoms with Crippen molar-refractivity contribution in [3.05, 3.63) is 59.5 Å². The van der Waals surface area contributed by atoms with E-state index in [1.807, 2.05) is 6.07 Å². The SMILES string of the molecule is CC(Oc1ccc(CCC(=O)O)c(F)c1)(c1ccc2cn[nH]c2c1)C1CCCC1. The Hall–Kier alpha value is -2.89. The first kappa shape index (κ1) is 19.4. The van der Waals surface area contributed by atoms with Gasteiger partial charge in [-0.15, -0.1) is 0 Å². The number of nitrogens with one attached hydrogen (secondary N) is 1. The molecular weight excluding hydrogens is 371 g/mol. The third kappa shape index (κ3) is 3.97. The van der Waals surface area contributed by atoms with Crippen LogP contribution in [0.2, 0.25) is 0 Å². The van der Waals surface area contributed by atoms with Crippen LogP contribution < -0.4 is 4.74 Å². The normalized spacial score (nSPS) is 16.8. The minimum Gasteiger partial charge on any atom is -0.482 e. The van der Waals surface area contributed by atoms with Gasteiger partial charge in [-0.25, -0.2) is 4.39 Å². The molecule has 1 heterocycles. The van der Waals surface area contributed by atoms with Gasteiger partial charge < -0.3 is 9.84 Å². The summed E-state index contributed by atoms with van der Waals surface area (Å²) in [5.41, 5.74) is 1.79. The van der Waals surface area contributed by atoms with Gasteiger partial charge in [0.25, 0.3) is 0 Å². The van der Waals surface area contributed by atoms with Crippen molar-refractivity contribution in [3.63, 3.8) is 0 Å². The number of benzene rings is 2. The van der Waals surface area contributed by atoms with Crippen molar-refractivity contribution in [2.45, 2.75) is 51.0 Å². The molecule has 1 aliphatic carbocycles. The van der Waals surface area contributed by atoms with Gasteiger partial charge in [0.05, 0.1) is 11.7 Å². The molecule has 0 bridgehead atoms. The molecule has 2 N–H and O–H groups in total. The number of carboxylic acid groups (broad SMARTS) is 1. The molecule has 0 amide bonds. The molecule has 0 saturated heterocycles. The zero-order valence-corrected chi connectivity index (χ0v) is 16.5. The second-order valence-electron chi connectivity index (χ2n) is 8.01. The Bertz CT molecular complexity index is 1030. The van der Waals surface area contributed by atoms with Gasteiger partial charge >= 0.3 is 5.97 Å². The summed E-state index contributed by atoms with van der Waals surface area (Å²) in [4.78, 5) is 10.8. The average molecular weight is 396 g/mol. The van der Waals surface area contributed by atoms with E-state index in [9.17, 15) is 9.18 Å². The fourth-order valence-electron chi connectivity index (χ4n) is 4.38. The van der Waals surface area contributed by atoms with E-state index in [0.29, 0.717) is 17.2 Å². The Morgan fingerprint density at radius 3 is 2.79 bits per heavy atom. The number of carbonyl (C=O) groups is 1. The Morgan fingerprint density at radius 1 is 1.28 bits per heavy atom. The van der Waals surface area contributed by atoms with Crippen molar-refractivity contribution in [3.8, 4) is 5.75 Å². The van der Waals surface area contributed by atoms with Crippen LogP contribution in [0, 0.1) is 11.7 Å².